The molecule has 0 saturated heterocycles. The second-order valence-electron chi connectivity index (χ2n) is 8.48. The Morgan fingerprint density at radius 2 is 2.12 bits per heavy atom. The number of anilines is 2. The third-order valence-corrected chi connectivity index (χ3v) is 8.81. The first-order chi connectivity index (χ1) is 16.2. The van der Waals surface area contributed by atoms with Gasteiger partial charge in [-0.25, -0.2) is 23.1 Å². The lowest BCUT2D eigenvalue weighted by molar-refractivity contribution is 0.0918. The molecule has 4 rings (SSSR count). The van der Waals surface area contributed by atoms with Gasteiger partial charge in [0.1, 0.15) is 4.21 Å². The molecule has 0 aromatic carbocycles. The molecule has 0 bridgehead atoms. The van der Waals surface area contributed by atoms with Crippen LogP contribution in [-0.2, 0) is 9.84 Å². The van der Waals surface area contributed by atoms with E-state index in [0.29, 0.717) is 46.8 Å². The number of hydrogen-bond acceptors (Lipinski definition) is 9. The summed E-state index contributed by atoms with van der Waals surface area (Å²) in [5.41, 5.74) is 1.30. The number of aromatic nitrogens is 4. The van der Waals surface area contributed by atoms with Gasteiger partial charge in [0.15, 0.2) is 27.3 Å². The molecular formula is C23H26N6O3S2. The smallest absolute Gasteiger partial charge is 0.244 e. The van der Waals surface area contributed by atoms with Crippen molar-refractivity contribution in [2.45, 2.75) is 36.3 Å². The van der Waals surface area contributed by atoms with Crippen molar-refractivity contribution in [2.24, 2.45) is 0 Å². The third kappa shape index (κ3) is 5.35. The van der Waals surface area contributed by atoms with Crippen LogP contribution in [0.25, 0.3) is 10.7 Å². The van der Waals surface area contributed by atoms with Crippen LogP contribution in [0.3, 0.4) is 0 Å². The van der Waals surface area contributed by atoms with Crippen molar-refractivity contribution in [3.63, 3.8) is 0 Å². The molecule has 0 spiro atoms. The molecule has 0 unspecified atom stereocenters. The number of nitrogens with zero attached hydrogens (tertiary/aromatic N) is 5. The van der Waals surface area contributed by atoms with Gasteiger partial charge in [-0.3, -0.25) is 4.79 Å². The molecule has 1 fully saturated rings. The maximum Gasteiger partial charge on any atom is 0.244 e. The van der Waals surface area contributed by atoms with E-state index in [1.54, 1.807) is 12.1 Å². The Morgan fingerprint density at radius 3 is 2.76 bits per heavy atom. The van der Waals surface area contributed by atoms with Crippen molar-refractivity contribution in [1.82, 2.24) is 24.6 Å². The Labute approximate surface area is 203 Å². The summed E-state index contributed by atoms with van der Waals surface area (Å²) in [5, 5.41) is 7.48. The molecule has 1 aliphatic carbocycles. The minimum Gasteiger partial charge on any atom is -0.322 e. The van der Waals surface area contributed by atoms with Gasteiger partial charge in [-0.2, -0.15) is 0 Å². The zero-order valence-electron chi connectivity index (χ0n) is 19.3. The number of hydrogen-bond donors (Lipinski definition) is 1. The fourth-order valence-electron chi connectivity index (χ4n) is 3.48. The van der Waals surface area contributed by atoms with Crippen LogP contribution in [0.1, 0.15) is 48.2 Å². The lowest BCUT2D eigenvalue weighted by Gasteiger charge is -2.08. The van der Waals surface area contributed by atoms with Crippen LogP contribution in [0, 0.1) is 12.3 Å². The second kappa shape index (κ2) is 9.66. The second-order valence-corrected chi connectivity index (χ2v) is 11.9. The van der Waals surface area contributed by atoms with Gasteiger partial charge >= 0.3 is 0 Å². The van der Waals surface area contributed by atoms with E-state index in [1.807, 2.05) is 25.1 Å². The maximum atomic E-state index is 12.7. The molecule has 0 atom stereocenters. The Kier molecular flexibility index (Phi) is 6.84. The van der Waals surface area contributed by atoms with Gasteiger partial charge in [0, 0.05) is 25.1 Å². The highest BCUT2D eigenvalue weighted by atomic mass is 32.2. The van der Waals surface area contributed by atoms with Gasteiger partial charge in [-0.05, 0) is 52.0 Å². The topological polar surface area (TPSA) is 110 Å². The molecular weight excluding hydrogens is 472 g/mol. The van der Waals surface area contributed by atoms with Crippen LogP contribution in [-0.4, -0.2) is 65.4 Å². The molecule has 0 aliphatic heterocycles. The minimum atomic E-state index is -3.38. The van der Waals surface area contributed by atoms with Gasteiger partial charge < -0.3 is 10.2 Å². The monoisotopic (exact) mass is 498 g/mol. The van der Waals surface area contributed by atoms with Crippen molar-refractivity contribution < 1.29 is 13.2 Å². The number of carbonyl (C=O) groups is 1. The van der Waals surface area contributed by atoms with E-state index in [-0.39, 0.29) is 15.9 Å². The van der Waals surface area contributed by atoms with E-state index < -0.39 is 9.84 Å². The Hall–Kier alpha value is -3.07. The van der Waals surface area contributed by atoms with Gasteiger partial charge in [-0.1, -0.05) is 5.92 Å². The van der Waals surface area contributed by atoms with Crippen molar-refractivity contribution in [3.8, 4) is 23.0 Å². The summed E-state index contributed by atoms with van der Waals surface area (Å²) in [6.45, 7) is 2.17. The fourth-order valence-corrected chi connectivity index (χ4v) is 6.17. The first-order valence-corrected chi connectivity index (χ1v) is 13.3. The highest BCUT2D eigenvalue weighted by Gasteiger charge is 2.29. The molecule has 3 aromatic heterocycles. The van der Waals surface area contributed by atoms with Gasteiger partial charge in [0.25, 0.3) is 0 Å². The molecule has 1 N–H and O–H groups in total. The van der Waals surface area contributed by atoms with Crippen LogP contribution in [0.15, 0.2) is 28.6 Å². The van der Waals surface area contributed by atoms with Crippen LogP contribution < -0.4 is 5.32 Å². The summed E-state index contributed by atoms with van der Waals surface area (Å²) in [6, 6.07) is 5.13. The number of nitrogens with one attached hydrogen (secondary N) is 1. The zero-order chi connectivity index (χ0) is 24.5. The third-order valence-electron chi connectivity index (χ3n) is 5.35. The van der Waals surface area contributed by atoms with Crippen LogP contribution >= 0.6 is 11.3 Å². The molecule has 11 heteroatoms. The van der Waals surface area contributed by atoms with E-state index in [1.165, 1.54) is 17.8 Å². The molecule has 3 aromatic rings. The zero-order valence-corrected chi connectivity index (χ0v) is 20.9. The number of rotatable bonds is 9. The number of thiophene rings is 1. The van der Waals surface area contributed by atoms with Gasteiger partial charge in [0.05, 0.1) is 21.9 Å². The summed E-state index contributed by atoms with van der Waals surface area (Å²) in [4.78, 5) is 23.4. The summed E-state index contributed by atoms with van der Waals surface area (Å²) in [6.07, 6.45) is 9.77. The van der Waals surface area contributed by atoms with E-state index in [4.69, 9.17) is 6.42 Å². The molecule has 9 nitrogen and oxygen atoms in total. The Morgan fingerprint density at radius 1 is 1.35 bits per heavy atom. The van der Waals surface area contributed by atoms with E-state index in [9.17, 15) is 13.2 Å². The van der Waals surface area contributed by atoms with Gasteiger partial charge in [0.2, 0.25) is 5.91 Å². The van der Waals surface area contributed by atoms with E-state index in [2.05, 4.69) is 26.3 Å². The number of terminal acetylenes is 1. The van der Waals surface area contributed by atoms with Gasteiger partial charge in [-0.15, -0.1) is 22.9 Å². The highest BCUT2D eigenvalue weighted by Crippen LogP contribution is 2.41. The van der Waals surface area contributed by atoms with E-state index in [0.717, 1.165) is 29.9 Å². The molecule has 0 amide bonds. The van der Waals surface area contributed by atoms with Crippen molar-refractivity contribution in [3.05, 3.63) is 35.7 Å². The predicted octanol–water partition coefficient (Wildman–Crippen LogP) is 3.39. The lowest BCUT2D eigenvalue weighted by Crippen LogP contribution is -2.16. The molecule has 34 heavy (non-hydrogen) atoms. The largest absolute Gasteiger partial charge is 0.322 e. The van der Waals surface area contributed by atoms with Crippen LogP contribution in [0.5, 0.6) is 0 Å². The summed E-state index contributed by atoms with van der Waals surface area (Å²) in [5.74, 6) is 4.00. The molecule has 1 aliphatic rings. The van der Waals surface area contributed by atoms with Crippen molar-refractivity contribution in [2.75, 3.05) is 31.7 Å². The number of sulfone groups is 1. The standard InChI is InChI=1S/C23H26N6O3S2/c1-5-16-14-24-23(19-9-10-21(33-19)34(31,32)12-6-11-28(3)4)26-22(16)25-20-13-18(17-7-8-17)29(27-20)15(2)30/h1,9-10,13-14,17H,6-8,11-12H2,2-4H3,(H,24,25,26,27). The molecule has 178 valence electrons. The maximum absolute atomic E-state index is 12.7. The fraction of sp³-hybridized carbons (Fsp3) is 0.391. The summed E-state index contributed by atoms with van der Waals surface area (Å²) < 4.78 is 27.1. The number of carbonyl (C=O) groups excluding carboxylic acids is 1. The molecule has 0 radical (unpaired) electrons. The normalized spacial score (nSPS) is 13.7. The quantitative estimate of drug-likeness (QED) is 0.447. The predicted molar refractivity (Wildman–Crippen MR) is 132 cm³/mol. The Bertz CT molecular complexity index is 1360. The van der Waals surface area contributed by atoms with E-state index >= 15 is 0 Å². The SMILES string of the molecule is C#Cc1cnc(-c2ccc(S(=O)(=O)CCCN(C)C)s2)nc1Nc1cc(C2CC2)n(C(C)=O)n1. The van der Waals surface area contributed by atoms with Crippen LogP contribution in [0.4, 0.5) is 11.6 Å². The first-order valence-electron chi connectivity index (χ1n) is 10.9. The molecule has 1 saturated carbocycles. The summed E-state index contributed by atoms with van der Waals surface area (Å²) >= 11 is 1.13. The van der Waals surface area contributed by atoms with Crippen molar-refractivity contribution >= 4 is 38.7 Å². The minimum absolute atomic E-state index is 0.0803. The van der Waals surface area contributed by atoms with Crippen molar-refractivity contribution in [1.29, 1.82) is 0 Å². The highest BCUT2D eigenvalue weighted by molar-refractivity contribution is 7.93. The first kappa shape index (κ1) is 24.1. The average molecular weight is 499 g/mol. The molecule has 3 heterocycles. The Balaban J connectivity index is 1.59. The lowest BCUT2D eigenvalue weighted by atomic mass is 10.3. The average Bonchev–Trinajstić information content (AvgIpc) is 3.33. The van der Waals surface area contributed by atoms with Crippen LogP contribution in [0.2, 0.25) is 0 Å². The summed E-state index contributed by atoms with van der Waals surface area (Å²) in [7, 11) is 0.442.